The van der Waals surface area contributed by atoms with Gasteiger partial charge < -0.3 is 20.4 Å². The number of aliphatic hydroxyl groups excluding tert-OH is 4. The van der Waals surface area contributed by atoms with Crippen molar-refractivity contribution in [2.45, 2.75) is 127 Å². The summed E-state index contributed by atoms with van der Waals surface area (Å²) in [4.78, 5) is -1.37. The summed E-state index contributed by atoms with van der Waals surface area (Å²) in [6.45, 7) is 11.3. The van der Waals surface area contributed by atoms with E-state index < -0.39 is 45.0 Å². The zero-order chi connectivity index (χ0) is 27.4. The van der Waals surface area contributed by atoms with Crippen LogP contribution in [0.1, 0.15) is 92.9 Å². The molecule has 0 aromatic heterocycles. The number of allylic oxidation sites excluding steroid dienone is 6. The first-order valence-electron chi connectivity index (χ1n) is 13.3. The standard InChI is InChI=1S/C30H48Cl2O4/c1-27(2,31)23(33)15-17-29(5)19-21(11-13-25(29)35)9-7-8-10-22-12-14-26(36)30(6,20-22)18-16-24(34)28(3,4)32/h7-10,19-20,23-26,33-36H,11-18H2,1-6H3/b9-7+,10-8+/t23?,24?,25-,26-,29-,30-/m0/s1. The molecule has 0 bridgehead atoms. The molecule has 0 heterocycles. The van der Waals surface area contributed by atoms with Gasteiger partial charge in [0.1, 0.15) is 0 Å². The van der Waals surface area contributed by atoms with E-state index in [4.69, 9.17) is 23.2 Å². The molecule has 36 heavy (non-hydrogen) atoms. The van der Waals surface area contributed by atoms with Gasteiger partial charge in [-0.15, -0.1) is 23.2 Å². The lowest BCUT2D eigenvalue weighted by Gasteiger charge is -2.38. The van der Waals surface area contributed by atoms with Gasteiger partial charge in [-0.05, 0) is 79.1 Å². The molecule has 2 rings (SSSR count). The van der Waals surface area contributed by atoms with Crippen LogP contribution in [-0.2, 0) is 0 Å². The van der Waals surface area contributed by atoms with Gasteiger partial charge in [-0.2, -0.15) is 0 Å². The van der Waals surface area contributed by atoms with Gasteiger partial charge in [0.2, 0.25) is 0 Å². The Bertz CT molecular complexity index is 778. The Hall–Kier alpha value is -0.620. The molecule has 2 unspecified atom stereocenters. The molecule has 0 aliphatic heterocycles. The fourth-order valence-electron chi connectivity index (χ4n) is 5.13. The average molecular weight is 544 g/mol. The lowest BCUT2D eigenvalue weighted by Crippen LogP contribution is -2.37. The number of hydrogen-bond acceptors (Lipinski definition) is 4. The van der Waals surface area contributed by atoms with E-state index in [1.54, 1.807) is 0 Å². The van der Waals surface area contributed by atoms with Gasteiger partial charge in [0.15, 0.2) is 0 Å². The van der Waals surface area contributed by atoms with Crippen molar-refractivity contribution in [2.75, 3.05) is 0 Å². The maximum atomic E-state index is 10.6. The summed E-state index contributed by atoms with van der Waals surface area (Å²) in [5, 5.41) is 42.0. The summed E-state index contributed by atoms with van der Waals surface area (Å²) in [5.41, 5.74) is 1.58. The summed E-state index contributed by atoms with van der Waals surface area (Å²) in [6.07, 6.45) is 15.9. The molecule has 0 radical (unpaired) electrons. The molecule has 0 aromatic rings. The van der Waals surface area contributed by atoms with Gasteiger partial charge in [0.05, 0.1) is 34.2 Å². The minimum atomic E-state index is -0.687. The van der Waals surface area contributed by atoms with E-state index in [1.165, 1.54) is 11.1 Å². The van der Waals surface area contributed by atoms with Crippen LogP contribution in [0, 0.1) is 10.8 Å². The Morgan fingerprint density at radius 1 is 0.806 bits per heavy atom. The van der Waals surface area contributed by atoms with Crippen LogP contribution in [0.5, 0.6) is 0 Å². The lowest BCUT2D eigenvalue weighted by molar-refractivity contribution is 0.0336. The highest BCUT2D eigenvalue weighted by Crippen LogP contribution is 2.41. The second-order valence-electron chi connectivity index (χ2n) is 12.5. The van der Waals surface area contributed by atoms with Crippen molar-refractivity contribution >= 4 is 23.2 Å². The predicted octanol–water partition coefficient (Wildman–Crippen LogP) is 6.59. The molecule has 0 aromatic carbocycles. The Labute approximate surface area is 228 Å². The maximum Gasteiger partial charge on any atom is 0.0726 e. The summed E-state index contributed by atoms with van der Waals surface area (Å²) >= 11 is 12.5. The Morgan fingerprint density at radius 3 is 1.44 bits per heavy atom. The van der Waals surface area contributed by atoms with E-state index in [2.05, 4.69) is 38.2 Å². The van der Waals surface area contributed by atoms with Crippen molar-refractivity contribution in [1.29, 1.82) is 0 Å². The van der Waals surface area contributed by atoms with Crippen molar-refractivity contribution < 1.29 is 20.4 Å². The van der Waals surface area contributed by atoms with Gasteiger partial charge in [-0.3, -0.25) is 0 Å². The van der Waals surface area contributed by atoms with Crippen LogP contribution >= 0.6 is 23.2 Å². The minimum absolute atomic E-state index is 0.392. The molecule has 4 nitrogen and oxygen atoms in total. The molecule has 206 valence electrons. The van der Waals surface area contributed by atoms with Crippen LogP contribution in [0.25, 0.3) is 0 Å². The number of alkyl halides is 2. The van der Waals surface area contributed by atoms with Crippen LogP contribution in [0.15, 0.2) is 47.6 Å². The van der Waals surface area contributed by atoms with Gasteiger partial charge in [0, 0.05) is 10.8 Å². The van der Waals surface area contributed by atoms with E-state index in [9.17, 15) is 20.4 Å². The quantitative estimate of drug-likeness (QED) is 0.175. The van der Waals surface area contributed by atoms with Crippen molar-refractivity contribution in [3.05, 3.63) is 47.6 Å². The normalized spacial score (nSPS) is 32.0. The number of hydrogen-bond donors (Lipinski definition) is 4. The van der Waals surface area contributed by atoms with Crippen LogP contribution in [-0.4, -0.2) is 54.6 Å². The zero-order valence-corrected chi connectivity index (χ0v) is 24.5. The monoisotopic (exact) mass is 542 g/mol. The van der Waals surface area contributed by atoms with Gasteiger partial charge in [0.25, 0.3) is 0 Å². The minimum Gasteiger partial charge on any atom is -0.392 e. The van der Waals surface area contributed by atoms with E-state index in [0.717, 1.165) is 12.8 Å². The fourth-order valence-corrected chi connectivity index (χ4v) is 5.35. The molecule has 4 N–H and O–H groups in total. The largest absolute Gasteiger partial charge is 0.392 e. The van der Waals surface area contributed by atoms with Crippen LogP contribution in [0.3, 0.4) is 0 Å². The van der Waals surface area contributed by atoms with E-state index in [0.29, 0.717) is 38.5 Å². The molecule has 0 fully saturated rings. The average Bonchev–Trinajstić information content (AvgIpc) is 2.77. The predicted molar refractivity (Wildman–Crippen MR) is 151 cm³/mol. The van der Waals surface area contributed by atoms with Crippen LogP contribution in [0.2, 0.25) is 0 Å². The highest BCUT2D eigenvalue weighted by Gasteiger charge is 2.37. The second kappa shape index (κ2) is 12.5. The van der Waals surface area contributed by atoms with E-state index >= 15 is 0 Å². The zero-order valence-electron chi connectivity index (χ0n) is 23.0. The molecule has 6 atom stereocenters. The smallest absolute Gasteiger partial charge is 0.0726 e. The van der Waals surface area contributed by atoms with Gasteiger partial charge in [-0.25, -0.2) is 0 Å². The number of aliphatic hydroxyl groups is 4. The summed E-state index contributed by atoms with van der Waals surface area (Å²) in [5.74, 6) is 0. The third kappa shape index (κ3) is 8.99. The Balaban J connectivity index is 2.04. The SMILES string of the molecule is CC(C)(Cl)C(O)CC[C@@]1(C)C=C(/C=C/C=C/C2=C[C@](C)(CCC(O)C(C)(C)Cl)[C@@H](O)CC2)CC[C@@H]1O. The molecule has 2 aliphatic rings. The third-order valence-electron chi connectivity index (χ3n) is 8.20. The summed E-state index contributed by atoms with van der Waals surface area (Å²) < 4.78 is 0. The second-order valence-corrected chi connectivity index (χ2v) is 14.5. The maximum absolute atomic E-state index is 10.6. The first-order valence-corrected chi connectivity index (χ1v) is 14.1. The van der Waals surface area contributed by atoms with Crippen LogP contribution in [0.4, 0.5) is 0 Å². The van der Waals surface area contributed by atoms with Crippen molar-refractivity contribution in [3.63, 3.8) is 0 Å². The number of rotatable bonds is 11. The van der Waals surface area contributed by atoms with E-state index in [1.807, 2.05) is 39.8 Å². The molecule has 6 heteroatoms. The molecule has 2 aliphatic carbocycles. The van der Waals surface area contributed by atoms with Gasteiger partial charge in [-0.1, -0.05) is 61.4 Å². The molecule has 0 saturated carbocycles. The number of halogens is 2. The Kier molecular flexibility index (Phi) is 11.0. The molecule has 0 saturated heterocycles. The van der Waals surface area contributed by atoms with Crippen molar-refractivity contribution in [3.8, 4) is 0 Å². The van der Waals surface area contributed by atoms with Crippen molar-refractivity contribution in [1.82, 2.24) is 0 Å². The third-order valence-corrected chi connectivity index (χ3v) is 8.70. The Morgan fingerprint density at radius 2 is 1.14 bits per heavy atom. The summed E-state index contributed by atoms with van der Waals surface area (Å²) in [6, 6.07) is 0. The van der Waals surface area contributed by atoms with Crippen LogP contribution < -0.4 is 0 Å². The molecular formula is C30H48Cl2O4. The highest BCUT2D eigenvalue weighted by molar-refractivity contribution is 6.24. The first-order chi connectivity index (χ1) is 16.5. The molecule has 0 amide bonds. The molecule has 0 spiro atoms. The van der Waals surface area contributed by atoms with Gasteiger partial charge >= 0.3 is 0 Å². The highest BCUT2D eigenvalue weighted by atomic mass is 35.5. The van der Waals surface area contributed by atoms with E-state index in [-0.39, 0.29) is 0 Å². The first kappa shape index (κ1) is 31.6. The molecular weight excluding hydrogens is 495 g/mol. The topological polar surface area (TPSA) is 80.9 Å². The lowest BCUT2D eigenvalue weighted by atomic mass is 9.71. The van der Waals surface area contributed by atoms with Crippen molar-refractivity contribution in [2.24, 2.45) is 10.8 Å². The summed E-state index contributed by atoms with van der Waals surface area (Å²) in [7, 11) is 0. The fraction of sp³-hybridized carbons (Fsp3) is 0.733.